The number of para-hydroxylation sites is 1. The molecule has 5 heteroatoms. The van der Waals surface area contributed by atoms with Gasteiger partial charge in [0, 0.05) is 17.3 Å². The van der Waals surface area contributed by atoms with Crippen molar-refractivity contribution >= 4 is 11.6 Å². The lowest BCUT2D eigenvalue weighted by molar-refractivity contribution is 0.0985. The zero-order valence-corrected chi connectivity index (χ0v) is 15.7. The van der Waals surface area contributed by atoms with Gasteiger partial charge < -0.3 is 14.7 Å². The number of aryl methyl sites for hydroxylation is 1. The summed E-state index contributed by atoms with van der Waals surface area (Å²) in [6.45, 7) is 2.33. The van der Waals surface area contributed by atoms with Crippen LogP contribution < -0.4 is 9.64 Å². The van der Waals surface area contributed by atoms with Crippen molar-refractivity contribution in [2.75, 3.05) is 4.90 Å². The fourth-order valence-electron chi connectivity index (χ4n) is 3.13. The van der Waals surface area contributed by atoms with Gasteiger partial charge in [-0.15, -0.1) is 0 Å². The zero-order valence-electron chi connectivity index (χ0n) is 15.7. The molecule has 0 spiro atoms. The Morgan fingerprint density at radius 1 is 1.11 bits per heavy atom. The fraction of sp³-hybridized carbons (Fsp3) is 0.217. The number of amides is 1. The second-order valence-corrected chi connectivity index (χ2v) is 7.01. The van der Waals surface area contributed by atoms with Crippen LogP contribution in [0.15, 0.2) is 66.9 Å². The van der Waals surface area contributed by atoms with E-state index in [2.05, 4.69) is 4.98 Å². The van der Waals surface area contributed by atoms with E-state index in [4.69, 9.17) is 4.74 Å². The molecule has 1 aliphatic carbocycles. The summed E-state index contributed by atoms with van der Waals surface area (Å²) in [5.74, 6) is 0.810. The van der Waals surface area contributed by atoms with Crippen molar-refractivity contribution in [1.29, 1.82) is 0 Å². The molecule has 0 unspecified atom stereocenters. The molecule has 1 amide bonds. The number of pyridine rings is 1. The average molecular weight is 374 g/mol. The van der Waals surface area contributed by atoms with Gasteiger partial charge in [0.15, 0.2) is 0 Å². The molecular weight excluding hydrogens is 352 g/mol. The first-order chi connectivity index (χ1) is 13.6. The molecule has 0 atom stereocenters. The second kappa shape index (κ2) is 7.72. The van der Waals surface area contributed by atoms with Gasteiger partial charge in [-0.2, -0.15) is 0 Å². The average Bonchev–Trinajstić information content (AvgIpc) is 3.55. The molecule has 28 heavy (non-hydrogen) atoms. The van der Waals surface area contributed by atoms with Gasteiger partial charge in [-0.05, 0) is 67.8 Å². The fourth-order valence-corrected chi connectivity index (χ4v) is 3.13. The lowest BCUT2D eigenvalue weighted by Crippen LogP contribution is -2.33. The Labute approximate surface area is 164 Å². The van der Waals surface area contributed by atoms with Crippen LogP contribution in [-0.2, 0) is 6.61 Å². The number of ether oxygens (including phenoxy) is 1. The molecule has 1 heterocycles. The van der Waals surface area contributed by atoms with E-state index >= 15 is 0 Å². The first-order valence-electron chi connectivity index (χ1n) is 9.38. The van der Waals surface area contributed by atoms with Crippen molar-refractivity contribution in [2.45, 2.75) is 32.4 Å². The molecule has 0 bridgehead atoms. The number of carbonyl (C=O) groups is 1. The Bertz CT molecular complexity index is 964. The van der Waals surface area contributed by atoms with Gasteiger partial charge in [-0.1, -0.05) is 18.2 Å². The largest absolute Gasteiger partial charge is 0.506 e. The minimum absolute atomic E-state index is 0.0172. The van der Waals surface area contributed by atoms with E-state index in [1.165, 1.54) is 6.20 Å². The Balaban J connectivity index is 1.47. The summed E-state index contributed by atoms with van der Waals surface area (Å²) in [5.41, 5.74) is 3.44. The number of aromatic hydroxyl groups is 1. The van der Waals surface area contributed by atoms with Crippen LogP contribution in [0.4, 0.5) is 5.69 Å². The van der Waals surface area contributed by atoms with E-state index < -0.39 is 0 Å². The van der Waals surface area contributed by atoms with Crippen molar-refractivity contribution in [3.63, 3.8) is 0 Å². The van der Waals surface area contributed by atoms with Crippen LogP contribution in [0.3, 0.4) is 0 Å². The van der Waals surface area contributed by atoms with Crippen molar-refractivity contribution in [1.82, 2.24) is 4.98 Å². The molecule has 1 aromatic heterocycles. The predicted molar refractivity (Wildman–Crippen MR) is 108 cm³/mol. The van der Waals surface area contributed by atoms with E-state index in [0.717, 1.165) is 29.8 Å². The summed E-state index contributed by atoms with van der Waals surface area (Å²) >= 11 is 0. The van der Waals surface area contributed by atoms with E-state index in [-0.39, 0.29) is 17.7 Å². The molecule has 1 aliphatic rings. The third-order valence-corrected chi connectivity index (χ3v) is 4.80. The lowest BCUT2D eigenvalue weighted by Gasteiger charge is -2.24. The van der Waals surface area contributed by atoms with Crippen LogP contribution in [0.1, 0.15) is 34.5 Å². The van der Waals surface area contributed by atoms with Crippen LogP contribution in [0, 0.1) is 6.92 Å². The van der Waals surface area contributed by atoms with Gasteiger partial charge in [0.05, 0.1) is 11.9 Å². The number of rotatable bonds is 6. The molecule has 5 nitrogen and oxygen atoms in total. The number of benzene rings is 2. The molecule has 0 saturated heterocycles. The summed E-state index contributed by atoms with van der Waals surface area (Å²) in [5, 5.41) is 9.27. The maximum absolute atomic E-state index is 13.2. The molecule has 142 valence electrons. The Morgan fingerprint density at radius 2 is 1.86 bits per heavy atom. The molecule has 4 rings (SSSR count). The summed E-state index contributed by atoms with van der Waals surface area (Å²) in [7, 11) is 0. The number of anilines is 1. The SMILES string of the molecule is Cc1ccccc1N(C(=O)c1ccc(OCc2ccc(O)cn2)cc1)C1CC1. The normalized spacial score (nSPS) is 13.2. The van der Waals surface area contributed by atoms with Gasteiger partial charge in [-0.25, -0.2) is 0 Å². The lowest BCUT2D eigenvalue weighted by atomic mass is 10.1. The van der Waals surface area contributed by atoms with E-state index in [1.807, 2.05) is 36.1 Å². The van der Waals surface area contributed by atoms with Crippen LogP contribution in [0.25, 0.3) is 0 Å². The van der Waals surface area contributed by atoms with Gasteiger partial charge >= 0.3 is 0 Å². The number of hydrogen-bond donors (Lipinski definition) is 1. The van der Waals surface area contributed by atoms with Crippen LogP contribution >= 0.6 is 0 Å². The molecule has 1 N–H and O–H groups in total. The summed E-state index contributed by atoms with van der Waals surface area (Å²) in [6, 6.07) is 18.8. The highest BCUT2D eigenvalue weighted by molar-refractivity contribution is 6.07. The third kappa shape index (κ3) is 3.98. The highest BCUT2D eigenvalue weighted by Gasteiger charge is 2.34. The summed E-state index contributed by atoms with van der Waals surface area (Å²) < 4.78 is 5.72. The standard InChI is InChI=1S/C23H22N2O3/c1-16-4-2-3-5-22(16)25(19-9-10-19)23(27)17-6-12-21(13-7-17)28-15-18-8-11-20(26)14-24-18/h2-8,11-14,19,26H,9-10,15H2,1H3. The smallest absolute Gasteiger partial charge is 0.258 e. The quantitative estimate of drug-likeness (QED) is 0.691. The zero-order chi connectivity index (χ0) is 19.5. The maximum Gasteiger partial charge on any atom is 0.258 e. The molecule has 3 aromatic rings. The molecule has 0 radical (unpaired) electrons. The summed E-state index contributed by atoms with van der Waals surface area (Å²) in [6.07, 6.45) is 3.47. The number of nitrogens with zero attached hydrogens (tertiary/aromatic N) is 2. The molecule has 1 fully saturated rings. The monoisotopic (exact) mass is 374 g/mol. The first kappa shape index (κ1) is 18.0. The van der Waals surface area contributed by atoms with E-state index in [1.54, 1.807) is 36.4 Å². The second-order valence-electron chi connectivity index (χ2n) is 7.01. The molecule has 2 aromatic carbocycles. The molecular formula is C23H22N2O3. The molecule has 0 aliphatic heterocycles. The van der Waals surface area contributed by atoms with Crippen molar-refractivity contribution in [3.8, 4) is 11.5 Å². The van der Waals surface area contributed by atoms with Gasteiger partial charge in [0.2, 0.25) is 0 Å². The Morgan fingerprint density at radius 3 is 2.50 bits per heavy atom. The topological polar surface area (TPSA) is 62.7 Å². The van der Waals surface area contributed by atoms with Crippen LogP contribution in [0.5, 0.6) is 11.5 Å². The van der Waals surface area contributed by atoms with Crippen LogP contribution in [0.2, 0.25) is 0 Å². The van der Waals surface area contributed by atoms with Crippen LogP contribution in [-0.4, -0.2) is 22.0 Å². The number of aromatic nitrogens is 1. The van der Waals surface area contributed by atoms with Crippen molar-refractivity contribution in [2.24, 2.45) is 0 Å². The predicted octanol–water partition coefficient (Wildman–Crippen LogP) is 4.48. The van der Waals surface area contributed by atoms with E-state index in [9.17, 15) is 9.90 Å². The van der Waals surface area contributed by atoms with Crippen molar-refractivity contribution in [3.05, 3.63) is 83.7 Å². The highest BCUT2D eigenvalue weighted by Crippen LogP contribution is 2.34. The van der Waals surface area contributed by atoms with Crippen molar-refractivity contribution < 1.29 is 14.6 Å². The Hall–Kier alpha value is -3.34. The highest BCUT2D eigenvalue weighted by atomic mass is 16.5. The van der Waals surface area contributed by atoms with Gasteiger partial charge in [-0.3, -0.25) is 9.78 Å². The summed E-state index contributed by atoms with van der Waals surface area (Å²) in [4.78, 5) is 19.2. The molecule has 1 saturated carbocycles. The number of carbonyl (C=O) groups excluding carboxylic acids is 1. The third-order valence-electron chi connectivity index (χ3n) is 4.80. The first-order valence-corrected chi connectivity index (χ1v) is 9.38. The number of hydrogen-bond acceptors (Lipinski definition) is 4. The van der Waals surface area contributed by atoms with Gasteiger partial charge in [0.25, 0.3) is 5.91 Å². The minimum atomic E-state index is 0.0172. The van der Waals surface area contributed by atoms with E-state index in [0.29, 0.717) is 17.9 Å². The minimum Gasteiger partial charge on any atom is -0.506 e. The maximum atomic E-state index is 13.2. The Kier molecular flexibility index (Phi) is 4.98. The van der Waals surface area contributed by atoms with Gasteiger partial charge in [0.1, 0.15) is 18.1 Å².